The normalized spacial score (nSPS) is 29.2. The van der Waals surface area contributed by atoms with Crippen molar-refractivity contribution in [2.75, 3.05) is 13.1 Å². The first kappa shape index (κ1) is 37.9. The Hall–Kier alpha value is -4.28. The predicted molar refractivity (Wildman–Crippen MR) is 163 cm³/mol. The molecule has 2 heterocycles. The molecule has 2 saturated heterocycles. The van der Waals surface area contributed by atoms with Crippen LogP contribution in [0.1, 0.15) is 67.2 Å². The van der Waals surface area contributed by atoms with Gasteiger partial charge in [0.25, 0.3) is 0 Å². The summed E-state index contributed by atoms with van der Waals surface area (Å²) in [4.78, 5) is 105. The molecule has 17 nitrogen and oxygen atoms in total. The Morgan fingerprint density at radius 3 is 2.02 bits per heavy atom. The molecular formula is C29H48N8O9. The van der Waals surface area contributed by atoms with E-state index in [2.05, 4.69) is 31.9 Å². The highest BCUT2D eigenvalue weighted by Crippen LogP contribution is 2.20. The number of carbonyl (C=O) groups excluding carboxylic acids is 8. The van der Waals surface area contributed by atoms with E-state index in [-0.39, 0.29) is 13.0 Å². The summed E-state index contributed by atoms with van der Waals surface area (Å²) in [5.41, 5.74) is 5.32. The highest BCUT2D eigenvalue weighted by atomic mass is 16.3. The van der Waals surface area contributed by atoms with Crippen molar-refractivity contribution in [1.29, 1.82) is 0 Å². The molecule has 0 spiro atoms. The molecule has 0 saturated carbocycles. The first-order chi connectivity index (χ1) is 21.5. The SMILES string of the molecule is CCC(C)C1NC(=O)CNC(=O)C2CCCN2C(=O)C(C(C)O)NC(=O)C(C(C)C)NC(=O)C(C)NC(=O)C(CC(N)=O)NC1=O. The van der Waals surface area contributed by atoms with Crippen LogP contribution in [0.5, 0.6) is 0 Å². The Morgan fingerprint density at radius 1 is 0.848 bits per heavy atom. The van der Waals surface area contributed by atoms with Gasteiger partial charge in [-0.1, -0.05) is 34.1 Å². The van der Waals surface area contributed by atoms with Gasteiger partial charge in [0.2, 0.25) is 47.3 Å². The van der Waals surface area contributed by atoms with Crippen molar-refractivity contribution >= 4 is 47.3 Å². The molecule has 0 aliphatic carbocycles. The molecule has 0 aromatic rings. The molecule has 2 fully saturated rings. The van der Waals surface area contributed by atoms with E-state index in [1.54, 1.807) is 27.7 Å². The number of aliphatic hydroxyl groups is 1. The van der Waals surface area contributed by atoms with Crippen molar-refractivity contribution in [2.45, 2.75) is 110 Å². The van der Waals surface area contributed by atoms with E-state index >= 15 is 0 Å². The van der Waals surface area contributed by atoms with Crippen LogP contribution < -0.4 is 37.6 Å². The van der Waals surface area contributed by atoms with Gasteiger partial charge in [-0.05, 0) is 38.5 Å². The number of amides is 8. The van der Waals surface area contributed by atoms with Crippen LogP contribution in [0, 0.1) is 11.8 Å². The lowest BCUT2D eigenvalue weighted by Gasteiger charge is -2.31. The number of nitrogens with two attached hydrogens (primary N) is 1. The average Bonchev–Trinajstić information content (AvgIpc) is 3.47. The Morgan fingerprint density at radius 2 is 1.46 bits per heavy atom. The zero-order valence-electron chi connectivity index (χ0n) is 27.2. The number of carbonyl (C=O) groups is 8. The van der Waals surface area contributed by atoms with Crippen molar-refractivity contribution in [2.24, 2.45) is 17.6 Å². The zero-order valence-corrected chi connectivity index (χ0v) is 27.2. The van der Waals surface area contributed by atoms with Crippen LogP contribution in [-0.4, -0.2) is 113 Å². The molecule has 8 amide bonds. The third-order valence-electron chi connectivity index (χ3n) is 8.16. The van der Waals surface area contributed by atoms with Crippen LogP contribution in [0.15, 0.2) is 0 Å². The fourth-order valence-corrected chi connectivity index (χ4v) is 5.19. The minimum atomic E-state index is -1.51. The smallest absolute Gasteiger partial charge is 0.248 e. The third kappa shape index (κ3) is 10.1. The van der Waals surface area contributed by atoms with Gasteiger partial charge in [0.1, 0.15) is 36.3 Å². The number of hydrogen-bond donors (Lipinski definition) is 8. The van der Waals surface area contributed by atoms with E-state index < -0.39 is 114 Å². The van der Waals surface area contributed by atoms with Crippen LogP contribution in [0.3, 0.4) is 0 Å². The van der Waals surface area contributed by atoms with E-state index in [1.807, 2.05) is 0 Å². The monoisotopic (exact) mass is 652 g/mol. The molecule has 2 rings (SSSR count). The predicted octanol–water partition coefficient (Wildman–Crippen LogP) is -3.49. The molecule has 9 N–H and O–H groups in total. The summed E-state index contributed by atoms with van der Waals surface area (Å²) in [6, 6.07) is -7.60. The molecule has 0 aromatic heterocycles. The van der Waals surface area contributed by atoms with Crippen LogP contribution in [0.25, 0.3) is 0 Å². The van der Waals surface area contributed by atoms with Crippen molar-refractivity contribution < 1.29 is 43.5 Å². The van der Waals surface area contributed by atoms with Crippen LogP contribution in [0.4, 0.5) is 0 Å². The van der Waals surface area contributed by atoms with E-state index in [0.717, 1.165) is 0 Å². The van der Waals surface area contributed by atoms with Gasteiger partial charge in [0.05, 0.1) is 19.1 Å². The minimum Gasteiger partial charge on any atom is -0.391 e. The Bertz CT molecular complexity index is 1190. The largest absolute Gasteiger partial charge is 0.391 e. The molecule has 0 bridgehead atoms. The van der Waals surface area contributed by atoms with Crippen molar-refractivity contribution in [3.05, 3.63) is 0 Å². The average molecular weight is 653 g/mol. The maximum absolute atomic E-state index is 13.5. The van der Waals surface area contributed by atoms with Gasteiger partial charge in [0.15, 0.2) is 0 Å². The van der Waals surface area contributed by atoms with Gasteiger partial charge in [-0.3, -0.25) is 38.4 Å². The van der Waals surface area contributed by atoms with Crippen molar-refractivity contribution in [3.63, 3.8) is 0 Å². The molecule has 46 heavy (non-hydrogen) atoms. The molecule has 8 unspecified atom stereocenters. The number of nitrogens with zero attached hydrogens (tertiary/aromatic N) is 1. The number of aliphatic hydroxyl groups excluding tert-OH is 1. The summed E-state index contributed by atoms with van der Waals surface area (Å²) in [7, 11) is 0. The van der Waals surface area contributed by atoms with Crippen LogP contribution in [0.2, 0.25) is 0 Å². The lowest BCUT2D eigenvalue weighted by molar-refractivity contribution is -0.144. The standard InChI is InChI=1S/C29H48N8O9/c1-7-14(4)22-28(45)33-17(11-19(30)39)25(42)32-15(5)24(41)35-21(13(2)3)27(44)36-23(16(6)38)29(46)37-10-8-9-18(37)26(43)31-12-20(40)34-22/h13-18,21-23,38H,7-12H2,1-6H3,(H2,30,39)(H,31,43)(H,32,42)(H,33,45)(H,34,40)(H,35,41)(H,36,44). The number of hydrogen-bond acceptors (Lipinski definition) is 9. The molecule has 8 atom stereocenters. The Labute approximate surface area is 267 Å². The van der Waals surface area contributed by atoms with E-state index in [9.17, 15) is 43.5 Å². The van der Waals surface area contributed by atoms with Gasteiger partial charge < -0.3 is 47.6 Å². The first-order valence-corrected chi connectivity index (χ1v) is 15.5. The van der Waals surface area contributed by atoms with Crippen LogP contribution in [-0.2, 0) is 38.4 Å². The number of rotatable bonds is 6. The second-order valence-corrected chi connectivity index (χ2v) is 12.3. The highest BCUT2D eigenvalue weighted by Gasteiger charge is 2.41. The molecule has 258 valence electrons. The quantitative estimate of drug-likeness (QED) is 0.141. The Kier molecular flexibility index (Phi) is 13.9. The summed E-state index contributed by atoms with van der Waals surface area (Å²) < 4.78 is 0. The third-order valence-corrected chi connectivity index (χ3v) is 8.16. The number of primary amides is 1. The maximum atomic E-state index is 13.5. The zero-order chi connectivity index (χ0) is 34.9. The first-order valence-electron chi connectivity index (χ1n) is 15.5. The van der Waals surface area contributed by atoms with E-state index in [4.69, 9.17) is 5.73 Å². The molecule has 2 aliphatic heterocycles. The lowest BCUT2D eigenvalue weighted by Crippen LogP contribution is -2.61. The lowest BCUT2D eigenvalue weighted by atomic mass is 9.97. The molecular weight excluding hydrogens is 604 g/mol. The fourth-order valence-electron chi connectivity index (χ4n) is 5.19. The van der Waals surface area contributed by atoms with Crippen LogP contribution >= 0.6 is 0 Å². The molecule has 2 aliphatic rings. The second-order valence-electron chi connectivity index (χ2n) is 12.3. The topological polar surface area (TPSA) is 258 Å². The van der Waals surface area contributed by atoms with Gasteiger partial charge in [-0.15, -0.1) is 0 Å². The van der Waals surface area contributed by atoms with Gasteiger partial charge in [-0.25, -0.2) is 0 Å². The van der Waals surface area contributed by atoms with Crippen molar-refractivity contribution in [1.82, 2.24) is 36.8 Å². The summed E-state index contributed by atoms with van der Waals surface area (Å²) in [6.07, 6.45) is -0.843. The Balaban J connectivity index is 2.50. The summed E-state index contributed by atoms with van der Waals surface area (Å²) >= 11 is 0. The summed E-state index contributed by atoms with van der Waals surface area (Å²) in [6.45, 7) is 8.96. The second kappa shape index (κ2) is 16.9. The maximum Gasteiger partial charge on any atom is 0.248 e. The number of fused-ring (bicyclic) bond motifs is 1. The van der Waals surface area contributed by atoms with E-state index in [0.29, 0.717) is 12.8 Å². The molecule has 0 aromatic carbocycles. The van der Waals surface area contributed by atoms with Crippen molar-refractivity contribution in [3.8, 4) is 0 Å². The van der Waals surface area contributed by atoms with Gasteiger partial charge in [-0.2, -0.15) is 0 Å². The summed E-state index contributed by atoms with van der Waals surface area (Å²) in [5.74, 6) is -7.28. The van der Waals surface area contributed by atoms with E-state index in [1.165, 1.54) is 18.7 Å². The molecule has 17 heteroatoms. The fraction of sp³-hybridized carbons (Fsp3) is 0.724. The minimum absolute atomic E-state index is 0.159. The number of nitrogens with one attached hydrogen (secondary N) is 6. The summed E-state index contributed by atoms with van der Waals surface area (Å²) in [5, 5.41) is 25.3. The highest BCUT2D eigenvalue weighted by molar-refractivity contribution is 5.99. The van der Waals surface area contributed by atoms with Gasteiger partial charge >= 0.3 is 0 Å². The van der Waals surface area contributed by atoms with Gasteiger partial charge in [0, 0.05) is 6.54 Å². The molecule has 0 radical (unpaired) electrons.